The Hall–Kier alpha value is -5.55. The minimum atomic E-state index is -0.236. The van der Waals surface area contributed by atoms with Crippen molar-refractivity contribution in [2.24, 2.45) is 0 Å². The fourth-order valence-electron chi connectivity index (χ4n) is 5.51. The first-order valence-electron chi connectivity index (χ1n) is 13.7. The van der Waals surface area contributed by atoms with Gasteiger partial charge >= 0.3 is 0 Å². The van der Waals surface area contributed by atoms with E-state index in [1.165, 1.54) is 0 Å². The van der Waals surface area contributed by atoms with E-state index in [-0.39, 0.29) is 6.23 Å². The van der Waals surface area contributed by atoms with Gasteiger partial charge in [0, 0.05) is 27.6 Å². The molecule has 0 radical (unpaired) electrons. The van der Waals surface area contributed by atoms with Crippen molar-refractivity contribution in [3.8, 4) is 39.9 Å². The van der Waals surface area contributed by atoms with Gasteiger partial charge < -0.3 is 10.1 Å². The van der Waals surface area contributed by atoms with Crippen molar-refractivity contribution in [1.82, 2.24) is 15.0 Å². The molecule has 1 atom stereocenters. The van der Waals surface area contributed by atoms with Crippen molar-refractivity contribution in [1.29, 1.82) is 0 Å². The maximum absolute atomic E-state index is 6.35. The first-order chi connectivity index (χ1) is 20.3. The molecule has 41 heavy (non-hydrogen) atoms. The van der Waals surface area contributed by atoms with Crippen LogP contribution in [0.25, 0.3) is 55.7 Å². The molecule has 0 saturated carbocycles. The average molecular weight is 529 g/mol. The van der Waals surface area contributed by atoms with Gasteiger partial charge in [-0.25, -0.2) is 15.0 Å². The van der Waals surface area contributed by atoms with Gasteiger partial charge in [-0.2, -0.15) is 0 Å². The van der Waals surface area contributed by atoms with Crippen molar-refractivity contribution in [3.05, 3.63) is 139 Å². The summed E-state index contributed by atoms with van der Waals surface area (Å²) in [5.74, 6) is 2.78. The Bertz CT molecular complexity index is 1990. The monoisotopic (exact) mass is 528 g/mol. The predicted octanol–water partition coefficient (Wildman–Crippen LogP) is 8.68. The molecule has 1 N–H and O–H groups in total. The Kier molecular flexibility index (Phi) is 5.45. The van der Waals surface area contributed by atoms with Gasteiger partial charge in [0.25, 0.3) is 0 Å². The Morgan fingerprint density at radius 1 is 0.512 bits per heavy atom. The van der Waals surface area contributed by atoms with Crippen LogP contribution in [-0.4, -0.2) is 15.0 Å². The van der Waals surface area contributed by atoms with Crippen LogP contribution >= 0.6 is 0 Å². The molecule has 1 aromatic heterocycles. The van der Waals surface area contributed by atoms with E-state index in [0.717, 1.165) is 55.2 Å². The number of nitrogens with one attached hydrogen (secondary N) is 1. The summed E-state index contributed by atoms with van der Waals surface area (Å²) in [5.41, 5.74) is 4.92. The number of hydrogen-bond donors (Lipinski definition) is 1. The van der Waals surface area contributed by atoms with E-state index in [0.29, 0.717) is 17.5 Å². The molecule has 0 aliphatic carbocycles. The van der Waals surface area contributed by atoms with Crippen molar-refractivity contribution >= 4 is 27.2 Å². The summed E-state index contributed by atoms with van der Waals surface area (Å²) in [5, 5.41) is 8.17. The quantitative estimate of drug-likeness (QED) is 0.232. The lowest BCUT2D eigenvalue weighted by molar-refractivity contribution is 0.260. The third kappa shape index (κ3) is 4.15. The third-order valence-electron chi connectivity index (χ3n) is 7.54. The zero-order chi connectivity index (χ0) is 27.2. The first-order valence-corrected chi connectivity index (χ1v) is 13.7. The molecule has 5 nitrogen and oxygen atoms in total. The van der Waals surface area contributed by atoms with Gasteiger partial charge in [0.1, 0.15) is 5.75 Å². The number of benzene rings is 6. The molecule has 0 saturated heterocycles. The highest BCUT2D eigenvalue weighted by Gasteiger charge is 2.26. The standard InChI is InChI=1S/C36H24N4O/c1-4-10-25(11-5-1)33-38-34(26-12-6-2-7-13-26)40-35(39-33)28-19-17-23-16-18-24-20-21-30-32(31(24)29(23)22-28)37-36(41-30)27-14-8-3-9-15-27/h1-22,36-37H. The first kappa shape index (κ1) is 23.3. The zero-order valence-electron chi connectivity index (χ0n) is 22.0. The molecular weight excluding hydrogens is 504 g/mol. The number of rotatable bonds is 4. The smallest absolute Gasteiger partial charge is 0.196 e. The van der Waals surface area contributed by atoms with Gasteiger partial charge in [-0.05, 0) is 28.3 Å². The summed E-state index contributed by atoms with van der Waals surface area (Å²) < 4.78 is 6.35. The van der Waals surface area contributed by atoms with E-state index < -0.39 is 0 Å². The van der Waals surface area contributed by atoms with Crippen LogP contribution in [0.3, 0.4) is 0 Å². The van der Waals surface area contributed by atoms with Crippen LogP contribution in [0.4, 0.5) is 5.69 Å². The Morgan fingerprint density at radius 3 is 1.71 bits per heavy atom. The molecule has 0 amide bonds. The van der Waals surface area contributed by atoms with Gasteiger partial charge in [-0.3, -0.25) is 0 Å². The van der Waals surface area contributed by atoms with Gasteiger partial charge in [-0.15, -0.1) is 0 Å². The van der Waals surface area contributed by atoms with E-state index in [4.69, 9.17) is 19.7 Å². The lowest BCUT2D eigenvalue weighted by atomic mass is 9.98. The SMILES string of the molecule is c1ccc(-c2nc(-c3ccccc3)nc(-c3ccc4ccc5ccc6c(c5c4c3)NC(c3ccccc3)O6)n2)cc1. The lowest BCUT2D eigenvalue weighted by Crippen LogP contribution is -2.09. The third-order valence-corrected chi connectivity index (χ3v) is 7.54. The van der Waals surface area contributed by atoms with Crippen LogP contribution in [0.2, 0.25) is 0 Å². The molecule has 7 aromatic rings. The number of anilines is 1. The van der Waals surface area contributed by atoms with Gasteiger partial charge in [0.15, 0.2) is 23.7 Å². The highest BCUT2D eigenvalue weighted by atomic mass is 16.5. The number of aromatic nitrogens is 3. The summed E-state index contributed by atoms with van der Waals surface area (Å²) in [6.45, 7) is 0. The maximum atomic E-state index is 6.35. The molecule has 2 heterocycles. The molecule has 194 valence electrons. The molecule has 0 fully saturated rings. The summed E-state index contributed by atoms with van der Waals surface area (Å²) >= 11 is 0. The van der Waals surface area contributed by atoms with Crippen LogP contribution in [-0.2, 0) is 0 Å². The van der Waals surface area contributed by atoms with E-state index in [1.54, 1.807) is 0 Å². The molecule has 0 spiro atoms. The van der Waals surface area contributed by atoms with E-state index in [1.807, 2.05) is 84.9 Å². The Labute approximate surface area is 237 Å². The molecule has 1 aliphatic rings. The highest BCUT2D eigenvalue weighted by molar-refractivity contribution is 6.15. The fraction of sp³-hybridized carbons (Fsp3) is 0.0278. The Balaban J connectivity index is 1.31. The second kappa shape index (κ2) is 9.57. The maximum Gasteiger partial charge on any atom is 0.196 e. The minimum absolute atomic E-state index is 0.236. The molecule has 0 bridgehead atoms. The normalized spacial score (nSPS) is 14.0. The van der Waals surface area contributed by atoms with Gasteiger partial charge in [-0.1, -0.05) is 121 Å². The van der Waals surface area contributed by atoms with E-state index >= 15 is 0 Å². The number of fused-ring (bicyclic) bond motifs is 5. The molecule has 1 aliphatic heterocycles. The second-order valence-corrected chi connectivity index (χ2v) is 10.1. The van der Waals surface area contributed by atoms with Crippen LogP contribution in [0.1, 0.15) is 11.8 Å². The Morgan fingerprint density at radius 2 is 1.05 bits per heavy atom. The van der Waals surface area contributed by atoms with Gasteiger partial charge in [0.2, 0.25) is 0 Å². The highest BCUT2D eigenvalue weighted by Crippen LogP contribution is 2.45. The van der Waals surface area contributed by atoms with Crippen molar-refractivity contribution in [3.63, 3.8) is 0 Å². The molecule has 5 heteroatoms. The van der Waals surface area contributed by atoms with Crippen LogP contribution < -0.4 is 10.1 Å². The number of hydrogen-bond acceptors (Lipinski definition) is 5. The van der Waals surface area contributed by atoms with Crippen LogP contribution in [0, 0.1) is 0 Å². The number of ether oxygens (including phenoxy) is 1. The van der Waals surface area contributed by atoms with Crippen LogP contribution in [0.5, 0.6) is 5.75 Å². The molecule has 6 aromatic carbocycles. The van der Waals surface area contributed by atoms with Crippen molar-refractivity contribution in [2.75, 3.05) is 5.32 Å². The zero-order valence-corrected chi connectivity index (χ0v) is 22.0. The fourth-order valence-corrected chi connectivity index (χ4v) is 5.51. The molecule has 1 unspecified atom stereocenters. The minimum Gasteiger partial charge on any atom is -0.464 e. The molecular formula is C36H24N4O. The summed E-state index contributed by atoms with van der Waals surface area (Å²) in [4.78, 5) is 14.7. The molecule has 8 rings (SSSR count). The van der Waals surface area contributed by atoms with E-state index in [2.05, 4.69) is 53.8 Å². The predicted molar refractivity (Wildman–Crippen MR) is 165 cm³/mol. The van der Waals surface area contributed by atoms with Crippen LogP contribution in [0.15, 0.2) is 133 Å². The topological polar surface area (TPSA) is 59.9 Å². The summed E-state index contributed by atoms with van der Waals surface area (Å²) in [7, 11) is 0. The largest absolute Gasteiger partial charge is 0.464 e. The summed E-state index contributed by atoms with van der Waals surface area (Å²) in [6.07, 6.45) is -0.236. The van der Waals surface area contributed by atoms with Crippen molar-refractivity contribution < 1.29 is 4.74 Å². The van der Waals surface area contributed by atoms with Crippen molar-refractivity contribution in [2.45, 2.75) is 6.23 Å². The summed E-state index contributed by atoms with van der Waals surface area (Å²) in [6, 6.07) is 45.3. The number of nitrogens with zero attached hydrogens (tertiary/aromatic N) is 3. The lowest BCUT2D eigenvalue weighted by Gasteiger charge is -2.12. The van der Waals surface area contributed by atoms with E-state index in [9.17, 15) is 0 Å². The van der Waals surface area contributed by atoms with Gasteiger partial charge in [0.05, 0.1) is 5.69 Å². The second-order valence-electron chi connectivity index (χ2n) is 10.1. The average Bonchev–Trinajstić information content (AvgIpc) is 3.50.